The number of ether oxygens (including phenoxy) is 3. The van der Waals surface area contributed by atoms with Gasteiger partial charge in [0.2, 0.25) is 6.79 Å². The quantitative estimate of drug-likeness (QED) is 0.374. The number of hydrazone groups is 1. The first kappa shape index (κ1) is 22.7. The Balaban J connectivity index is 1.16. The van der Waals surface area contributed by atoms with Crippen LogP contribution in [0.25, 0.3) is 5.69 Å². The summed E-state index contributed by atoms with van der Waals surface area (Å²) < 4.78 is 19.1. The van der Waals surface area contributed by atoms with Crippen LogP contribution in [0.1, 0.15) is 27.1 Å². The first-order valence-corrected chi connectivity index (χ1v) is 13.0. The molecule has 9 heteroatoms. The van der Waals surface area contributed by atoms with Gasteiger partial charge in [-0.1, -0.05) is 12.1 Å². The molecule has 1 N–H and O–H groups in total. The van der Waals surface area contributed by atoms with Crippen LogP contribution >= 0.6 is 23.5 Å². The van der Waals surface area contributed by atoms with E-state index in [2.05, 4.69) is 27.2 Å². The Morgan fingerprint density at radius 1 is 1.12 bits per heavy atom. The lowest BCUT2D eigenvalue weighted by Crippen LogP contribution is -2.24. The van der Waals surface area contributed by atoms with Gasteiger partial charge in [-0.3, -0.25) is 4.79 Å². The number of hydrogen-bond acceptors (Lipinski definition) is 7. The van der Waals surface area contributed by atoms with Gasteiger partial charge >= 0.3 is 0 Å². The van der Waals surface area contributed by atoms with E-state index in [1.54, 1.807) is 6.21 Å². The van der Waals surface area contributed by atoms with Crippen molar-refractivity contribution in [1.29, 1.82) is 0 Å². The fraction of sp³-hybridized carbons (Fsp3) is 0.280. The van der Waals surface area contributed by atoms with E-state index in [0.717, 1.165) is 34.1 Å². The van der Waals surface area contributed by atoms with E-state index in [0.29, 0.717) is 10.3 Å². The number of rotatable bonds is 7. The van der Waals surface area contributed by atoms with Gasteiger partial charge in [-0.25, -0.2) is 5.43 Å². The average Bonchev–Trinajstić information content (AvgIpc) is 3.59. The van der Waals surface area contributed by atoms with Crippen molar-refractivity contribution in [3.63, 3.8) is 0 Å². The van der Waals surface area contributed by atoms with Gasteiger partial charge in [0, 0.05) is 40.2 Å². The van der Waals surface area contributed by atoms with E-state index in [9.17, 15) is 4.79 Å². The van der Waals surface area contributed by atoms with E-state index in [4.69, 9.17) is 14.2 Å². The fourth-order valence-electron chi connectivity index (χ4n) is 3.97. The summed E-state index contributed by atoms with van der Waals surface area (Å²) in [6.07, 6.45) is 1.65. The Hall–Kier alpha value is -3.04. The summed E-state index contributed by atoms with van der Waals surface area (Å²) in [7, 11) is 0. The standard InChI is InChI=1S/C25H25N3O4S2/c1-16-11-19(17(2)28(16)20-5-8-22-23(12-20)32-15-31-22)13-26-27-24(29)14-30-21-6-3-18(4-7-21)25-33-9-10-34-25/h3-8,11-13,25H,9-10,14-15H2,1-2H3,(H,27,29)/b26-13-. The fourth-order valence-corrected chi connectivity index (χ4v) is 6.83. The number of thioether (sulfide) groups is 2. The van der Waals surface area contributed by atoms with Gasteiger partial charge in [0.1, 0.15) is 5.75 Å². The van der Waals surface area contributed by atoms with Gasteiger partial charge in [0.15, 0.2) is 18.1 Å². The van der Waals surface area contributed by atoms with Crippen LogP contribution in [-0.2, 0) is 4.79 Å². The second kappa shape index (κ2) is 10.1. The second-order valence-corrected chi connectivity index (χ2v) is 10.6. The molecule has 1 fully saturated rings. The van der Waals surface area contributed by atoms with Crippen LogP contribution < -0.4 is 19.6 Å². The largest absolute Gasteiger partial charge is 0.484 e. The van der Waals surface area contributed by atoms with Crippen molar-refractivity contribution in [2.75, 3.05) is 24.9 Å². The summed E-state index contributed by atoms with van der Waals surface area (Å²) in [6.45, 7) is 4.18. The summed E-state index contributed by atoms with van der Waals surface area (Å²) in [4.78, 5) is 12.2. The molecule has 0 unspecified atom stereocenters. The number of carbonyl (C=O) groups is 1. The summed E-state index contributed by atoms with van der Waals surface area (Å²) in [6, 6.07) is 15.8. The second-order valence-electron chi connectivity index (χ2n) is 7.92. The number of amides is 1. The van der Waals surface area contributed by atoms with Gasteiger partial charge in [-0.2, -0.15) is 5.10 Å². The average molecular weight is 496 g/mol. The minimum absolute atomic E-state index is 0.0974. The van der Waals surface area contributed by atoms with E-state index < -0.39 is 0 Å². The molecule has 3 aromatic rings. The molecule has 5 rings (SSSR count). The number of hydrogen-bond donors (Lipinski definition) is 1. The molecular formula is C25H25N3O4S2. The molecule has 0 radical (unpaired) electrons. The molecule has 176 valence electrons. The van der Waals surface area contributed by atoms with Crippen molar-refractivity contribution in [2.24, 2.45) is 5.10 Å². The van der Waals surface area contributed by atoms with Crippen molar-refractivity contribution in [3.05, 3.63) is 71.0 Å². The predicted octanol–water partition coefficient (Wildman–Crippen LogP) is 4.83. The zero-order chi connectivity index (χ0) is 23.5. The number of fused-ring (bicyclic) bond motifs is 1. The SMILES string of the molecule is Cc1cc(/C=N\NC(=O)COc2ccc(C3SCCS3)cc2)c(C)n1-c1ccc2c(c1)OCO2. The van der Waals surface area contributed by atoms with E-state index >= 15 is 0 Å². The normalized spacial score (nSPS) is 15.2. The molecule has 2 aliphatic rings. The molecule has 0 aliphatic carbocycles. The molecule has 2 aromatic carbocycles. The molecular weight excluding hydrogens is 470 g/mol. The third-order valence-corrected chi connectivity index (χ3v) is 8.73. The van der Waals surface area contributed by atoms with Gasteiger partial charge in [0.05, 0.1) is 10.8 Å². The number of nitrogens with zero attached hydrogens (tertiary/aromatic N) is 2. The number of benzene rings is 2. The highest BCUT2D eigenvalue weighted by atomic mass is 32.2. The van der Waals surface area contributed by atoms with Crippen LogP contribution in [0.5, 0.6) is 17.2 Å². The Labute approximate surface area is 206 Å². The third-order valence-electron chi connectivity index (χ3n) is 5.62. The first-order chi connectivity index (χ1) is 16.6. The van der Waals surface area contributed by atoms with Gasteiger partial charge in [0.25, 0.3) is 5.91 Å². The minimum atomic E-state index is -0.313. The van der Waals surface area contributed by atoms with Crippen molar-refractivity contribution in [3.8, 4) is 22.9 Å². The molecule has 0 spiro atoms. The Morgan fingerprint density at radius 2 is 1.88 bits per heavy atom. The van der Waals surface area contributed by atoms with Crippen molar-refractivity contribution < 1.29 is 19.0 Å². The van der Waals surface area contributed by atoms with Gasteiger partial charge in [-0.05, 0) is 49.7 Å². The Bertz CT molecular complexity index is 1220. The zero-order valence-corrected chi connectivity index (χ0v) is 20.6. The highest BCUT2D eigenvalue weighted by Gasteiger charge is 2.18. The lowest BCUT2D eigenvalue weighted by atomic mass is 10.2. The van der Waals surface area contributed by atoms with Crippen LogP contribution in [0.3, 0.4) is 0 Å². The Kier molecular flexibility index (Phi) is 6.73. The minimum Gasteiger partial charge on any atom is -0.484 e. The van der Waals surface area contributed by atoms with Gasteiger partial charge < -0.3 is 18.8 Å². The predicted molar refractivity (Wildman–Crippen MR) is 137 cm³/mol. The monoisotopic (exact) mass is 495 g/mol. The van der Waals surface area contributed by atoms with Gasteiger partial charge in [-0.15, -0.1) is 23.5 Å². The summed E-state index contributed by atoms with van der Waals surface area (Å²) >= 11 is 3.93. The van der Waals surface area contributed by atoms with Crippen molar-refractivity contribution in [2.45, 2.75) is 18.4 Å². The van der Waals surface area contributed by atoms with Crippen molar-refractivity contribution >= 4 is 35.6 Å². The Morgan fingerprint density at radius 3 is 2.68 bits per heavy atom. The van der Waals surface area contributed by atoms with Crippen LogP contribution in [0.15, 0.2) is 53.6 Å². The van der Waals surface area contributed by atoms with Crippen LogP contribution in [-0.4, -0.2) is 41.6 Å². The molecule has 1 aromatic heterocycles. The third kappa shape index (κ3) is 4.90. The molecule has 3 heterocycles. The summed E-state index contributed by atoms with van der Waals surface area (Å²) in [5.41, 5.74) is 7.77. The van der Waals surface area contributed by atoms with E-state index in [1.165, 1.54) is 17.1 Å². The van der Waals surface area contributed by atoms with E-state index in [-0.39, 0.29) is 19.3 Å². The molecule has 1 amide bonds. The van der Waals surface area contributed by atoms with Crippen LogP contribution in [0.4, 0.5) is 0 Å². The zero-order valence-electron chi connectivity index (χ0n) is 18.9. The molecule has 0 bridgehead atoms. The first-order valence-electron chi connectivity index (χ1n) is 11.0. The highest BCUT2D eigenvalue weighted by Crippen LogP contribution is 2.45. The molecule has 7 nitrogen and oxygen atoms in total. The molecule has 0 atom stereocenters. The summed E-state index contributed by atoms with van der Waals surface area (Å²) in [5.74, 6) is 4.22. The number of aromatic nitrogens is 1. The van der Waals surface area contributed by atoms with Crippen LogP contribution in [0, 0.1) is 13.8 Å². The molecule has 0 saturated carbocycles. The maximum atomic E-state index is 12.2. The molecule has 34 heavy (non-hydrogen) atoms. The maximum Gasteiger partial charge on any atom is 0.277 e. The lowest BCUT2D eigenvalue weighted by molar-refractivity contribution is -0.123. The topological polar surface area (TPSA) is 74.1 Å². The molecule has 1 saturated heterocycles. The van der Waals surface area contributed by atoms with Crippen LogP contribution in [0.2, 0.25) is 0 Å². The number of aryl methyl sites for hydroxylation is 1. The number of carbonyl (C=O) groups excluding carboxylic acids is 1. The van der Waals surface area contributed by atoms with Crippen molar-refractivity contribution in [1.82, 2.24) is 9.99 Å². The lowest BCUT2D eigenvalue weighted by Gasteiger charge is -2.10. The smallest absolute Gasteiger partial charge is 0.277 e. The highest BCUT2D eigenvalue weighted by molar-refractivity contribution is 8.19. The maximum absolute atomic E-state index is 12.2. The van der Waals surface area contributed by atoms with E-state index in [1.807, 2.05) is 73.8 Å². The molecule has 2 aliphatic heterocycles. The summed E-state index contributed by atoms with van der Waals surface area (Å²) in [5, 5.41) is 4.12. The number of nitrogens with one attached hydrogen (secondary N) is 1.